The molecule has 12 rings (SSSR count). The topological polar surface area (TPSA) is 364 Å². The van der Waals surface area contributed by atoms with E-state index in [-0.39, 0.29) is 128 Å². The van der Waals surface area contributed by atoms with Crippen molar-refractivity contribution in [1.82, 2.24) is 39.5 Å². The maximum Gasteiger partial charge on any atom is 0.278 e. The number of aromatic nitrogens is 4. The van der Waals surface area contributed by atoms with E-state index in [1.165, 1.54) is 132 Å². The van der Waals surface area contributed by atoms with Crippen LogP contribution in [0.2, 0.25) is 45.2 Å². The third kappa shape index (κ3) is 24.0. The number of amides is 4. The number of sulfone groups is 1. The van der Waals surface area contributed by atoms with E-state index in [9.17, 15) is 61.3 Å². The molecule has 0 bridgehead atoms. The Hall–Kier alpha value is -7.94. The van der Waals surface area contributed by atoms with Crippen molar-refractivity contribution in [2.24, 2.45) is 0 Å². The SMILES string of the molecule is COC[C@@H]1CCCN1C(=O)c1ncc(Cl)cc1NS(=O)(=O)c1ccc(Cl)c(C)c1.Cc1cc(S(=O)(=O)Nc2cc(Cl)cnc2C(=O)N(C)c2ccc(Cl)cc2)ccc1Cl.Cc1cc(S(=O)(=O)Nc2cc(Cl)cnc2C(=O)N2CCN(C)CC2)ccc1Cl.Cc1cc(S(=O)(=O)Nc2cc(Cl)cnc2C(=O)N2CCS(=O)(=O)CC2)ccc1Cl. The number of likely N-dealkylation sites (tertiary alicyclic amines) is 1. The van der Waals surface area contributed by atoms with Gasteiger partial charge in [0.1, 0.15) is 0 Å². The number of ether oxygens (including phenoxy) is 1. The van der Waals surface area contributed by atoms with E-state index < -0.39 is 61.7 Å². The normalized spacial score (nSPS) is 15.0. The summed E-state index contributed by atoms with van der Waals surface area (Å²) in [4.78, 5) is 76.2. The van der Waals surface area contributed by atoms with Crippen LogP contribution in [0.25, 0.3) is 0 Å². The first-order valence-electron chi connectivity index (χ1n) is 34.6. The molecule has 116 heavy (non-hydrogen) atoms. The largest absolute Gasteiger partial charge is 0.383 e. The van der Waals surface area contributed by atoms with Crippen LogP contribution >= 0.6 is 104 Å². The maximum atomic E-state index is 13.1. The number of methoxy groups -OCH3 is 1. The molecule has 0 aliphatic carbocycles. The molecule has 4 amide bonds. The minimum Gasteiger partial charge on any atom is -0.383 e. The lowest BCUT2D eigenvalue weighted by Gasteiger charge is -2.32. The van der Waals surface area contributed by atoms with Crippen LogP contribution in [0.1, 0.15) is 77.0 Å². The van der Waals surface area contributed by atoms with E-state index in [1.54, 1.807) is 75.9 Å². The predicted octanol–water partition coefficient (Wildman–Crippen LogP) is 14.4. The summed E-state index contributed by atoms with van der Waals surface area (Å²) >= 11 is 53.8. The molecule has 3 fully saturated rings. The monoisotopic (exact) mass is 1860 g/mol. The first kappa shape index (κ1) is 92.0. The van der Waals surface area contributed by atoms with Gasteiger partial charge in [-0.2, -0.15) is 0 Å². The average Bonchev–Trinajstić information content (AvgIpc) is 0.903. The van der Waals surface area contributed by atoms with Gasteiger partial charge in [0.15, 0.2) is 32.6 Å². The smallest absolute Gasteiger partial charge is 0.278 e. The summed E-state index contributed by atoms with van der Waals surface area (Å²) in [6.07, 6.45) is 6.81. The Bertz CT molecular complexity index is 5830. The van der Waals surface area contributed by atoms with Crippen molar-refractivity contribution >= 4 is 206 Å². The summed E-state index contributed by atoms with van der Waals surface area (Å²) in [6.45, 7) is 10.3. The van der Waals surface area contributed by atoms with E-state index in [1.807, 2.05) is 7.05 Å². The van der Waals surface area contributed by atoms with Crippen LogP contribution in [0.15, 0.2) is 166 Å². The average molecular weight is 1860 g/mol. The fourth-order valence-corrected chi connectivity index (χ4v) is 18.5. The number of likely N-dealkylation sites (N-methyl/N-ethyl adjacent to an activating group) is 1. The first-order valence-corrected chi connectivity index (χ1v) is 45.7. The van der Waals surface area contributed by atoms with Crippen LogP contribution < -0.4 is 23.8 Å². The fourth-order valence-electron chi connectivity index (χ4n) is 11.5. The van der Waals surface area contributed by atoms with Gasteiger partial charge >= 0.3 is 0 Å². The molecule has 4 aromatic heterocycles. The van der Waals surface area contributed by atoms with Crippen molar-refractivity contribution in [2.75, 3.05) is 109 Å². The first-order chi connectivity index (χ1) is 54.5. The minimum absolute atomic E-state index is 0.00571. The summed E-state index contributed by atoms with van der Waals surface area (Å²) in [5.41, 5.74) is 2.66. The van der Waals surface area contributed by atoms with Crippen molar-refractivity contribution in [3.8, 4) is 0 Å². The number of piperazine rings is 1. The molecule has 0 unspecified atom stereocenters. The molecule has 1 atom stereocenters. The summed E-state index contributed by atoms with van der Waals surface area (Å²) in [7, 11) is -14.1. The highest BCUT2D eigenvalue weighted by atomic mass is 35.5. The van der Waals surface area contributed by atoms with E-state index in [2.05, 4.69) is 43.7 Å². The van der Waals surface area contributed by atoms with Gasteiger partial charge in [-0.05, 0) is 191 Å². The van der Waals surface area contributed by atoms with Crippen LogP contribution in [0, 0.1) is 27.7 Å². The Morgan fingerprint density at radius 3 is 1.09 bits per heavy atom. The molecule has 7 heterocycles. The number of carbonyl (C=O) groups is 4. The minimum atomic E-state index is -4.05. The van der Waals surface area contributed by atoms with Crippen LogP contribution in [0.3, 0.4) is 0 Å². The van der Waals surface area contributed by atoms with Crippen molar-refractivity contribution in [2.45, 2.75) is 66.2 Å². The number of rotatable bonds is 19. The number of sulfonamides is 4. The molecule has 42 heteroatoms. The molecule has 618 valence electrons. The molecule has 0 spiro atoms. The molecule has 9 aromatic rings. The number of anilines is 5. The van der Waals surface area contributed by atoms with Crippen molar-refractivity contribution in [1.29, 1.82) is 0 Å². The highest BCUT2D eigenvalue weighted by Crippen LogP contribution is 2.33. The van der Waals surface area contributed by atoms with Crippen LogP contribution in [0.5, 0.6) is 0 Å². The van der Waals surface area contributed by atoms with E-state index in [4.69, 9.17) is 109 Å². The second kappa shape index (κ2) is 39.3. The van der Waals surface area contributed by atoms with Crippen molar-refractivity contribution < 1.29 is 66.0 Å². The lowest BCUT2D eigenvalue weighted by atomic mass is 10.2. The lowest BCUT2D eigenvalue weighted by molar-refractivity contribution is 0.0624. The zero-order chi connectivity index (χ0) is 85.1. The van der Waals surface area contributed by atoms with Gasteiger partial charge in [0.2, 0.25) is 0 Å². The Kier molecular flexibility index (Phi) is 31.1. The molecule has 28 nitrogen and oxygen atoms in total. The molecular formula is C74H74Cl9N13O15S5. The maximum absolute atomic E-state index is 13.1. The molecule has 5 aromatic carbocycles. The van der Waals surface area contributed by atoms with Crippen molar-refractivity contribution in [3.05, 3.63) is 236 Å². The highest BCUT2D eigenvalue weighted by Gasteiger charge is 2.35. The number of aryl methyl sites for hydroxylation is 4. The van der Waals surface area contributed by atoms with E-state index in [0.717, 1.165) is 25.9 Å². The summed E-state index contributed by atoms with van der Waals surface area (Å²) in [5.74, 6) is -2.13. The Morgan fingerprint density at radius 2 is 0.759 bits per heavy atom. The van der Waals surface area contributed by atoms with Crippen LogP contribution in [-0.2, 0) is 54.7 Å². The van der Waals surface area contributed by atoms with E-state index in [0.29, 0.717) is 79.3 Å². The number of nitrogens with one attached hydrogen (secondary N) is 4. The summed E-state index contributed by atoms with van der Waals surface area (Å²) in [6, 6.07) is 29.1. The standard InChI is InChI=1S/C20H16Cl3N3O3S.C19H21Cl2N3O4S.C18H20Cl2N4O3S.C17H17Cl2N3O5S2/c1-12-9-16(7-8-17(12)23)30(28,29)25-18-10-14(22)11-24-19(18)20(27)26(2)15-5-3-13(21)4-6-15;1-12-8-15(5-6-16(12)21)29(26,27)23-17-9-13(20)10-22-18(17)19(25)24-7-3-4-14(24)11-28-2;1-12-9-14(3-4-15(12)20)28(26,27)22-16-10-13(19)11-21-17(16)18(25)24-7-5-23(2)6-8-24;1-11-8-13(2-3-14(11)19)29(26,27)21-15-9-12(18)10-20-16(15)17(23)22-4-6-28(24,25)7-5-22/h3-11,25H,1-2H3;5-6,8-10,14,23H,3-4,7,11H2,1-2H3;3-4,9-11,22H,5-8H2,1-2H3;2-3,8-10,21H,4-7H2,1H3/t;14-;;/m.0../s1. The van der Waals surface area contributed by atoms with Crippen LogP contribution in [-0.4, -0.2) is 196 Å². The van der Waals surface area contributed by atoms with Gasteiger partial charge in [-0.15, -0.1) is 0 Å². The quantitative estimate of drug-likeness (QED) is 0.0584. The molecule has 0 saturated carbocycles. The van der Waals surface area contributed by atoms with Gasteiger partial charge in [0.25, 0.3) is 63.7 Å². The highest BCUT2D eigenvalue weighted by molar-refractivity contribution is 7.93. The van der Waals surface area contributed by atoms with Crippen LogP contribution in [0.4, 0.5) is 28.4 Å². The van der Waals surface area contributed by atoms with Gasteiger partial charge in [0, 0.05) is 116 Å². The predicted molar refractivity (Wildman–Crippen MR) is 453 cm³/mol. The van der Waals surface area contributed by atoms with Gasteiger partial charge in [-0.25, -0.2) is 62.0 Å². The Balaban J connectivity index is 0.000000177. The number of nitrogens with zero attached hydrogens (tertiary/aromatic N) is 9. The number of hydrogen-bond acceptors (Lipinski definition) is 20. The Morgan fingerprint density at radius 1 is 0.440 bits per heavy atom. The number of halogens is 9. The second-order valence-electron chi connectivity index (χ2n) is 26.4. The molecule has 0 radical (unpaired) electrons. The number of benzene rings is 5. The second-order valence-corrected chi connectivity index (χ2v) is 39.2. The van der Waals surface area contributed by atoms with Gasteiger partial charge in [0.05, 0.1) is 86.6 Å². The third-order valence-electron chi connectivity index (χ3n) is 17.9. The zero-order valence-corrected chi connectivity index (χ0v) is 73.4. The Labute approximate surface area is 717 Å². The van der Waals surface area contributed by atoms with Gasteiger partial charge in [-0.1, -0.05) is 104 Å². The molecule has 3 aliphatic rings. The van der Waals surface area contributed by atoms with Gasteiger partial charge < -0.3 is 29.2 Å². The van der Waals surface area contributed by atoms with E-state index >= 15 is 0 Å². The van der Waals surface area contributed by atoms with Gasteiger partial charge in [-0.3, -0.25) is 38.1 Å². The lowest BCUT2D eigenvalue weighted by Crippen LogP contribution is -2.47. The number of pyridine rings is 4. The molecule has 3 aliphatic heterocycles. The summed E-state index contributed by atoms with van der Waals surface area (Å²) < 4.78 is 141. The summed E-state index contributed by atoms with van der Waals surface area (Å²) in [5, 5.41) is 3.05. The fraction of sp³-hybridized carbons (Fsp3) is 0.270. The molecule has 4 N–H and O–H groups in total. The molecular weight excluding hydrogens is 1790 g/mol. The third-order valence-corrected chi connectivity index (χ3v) is 27.7. The number of hydrogen-bond donors (Lipinski definition) is 4. The van der Waals surface area contributed by atoms with Crippen molar-refractivity contribution in [3.63, 3.8) is 0 Å². The number of carbonyl (C=O) groups excluding carboxylic acids is 4. The zero-order valence-electron chi connectivity index (χ0n) is 62.5. The molecule has 3 saturated heterocycles.